The fourth-order valence-electron chi connectivity index (χ4n) is 2.72. The van der Waals surface area contributed by atoms with E-state index in [2.05, 4.69) is 15.7 Å². The number of anilines is 1. The second-order valence-corrected chi connectivity index (χ2v) is 5.56. The van der Waals surface area contributed by atoms with Gasteiger partial charge in [0, 0.05) is 30.2 Å². The fraction of sp³-hybridized carbons (Fsp3) is 0.222. The van der Waals surface area contributed by atoms with Gasteiger partial charge in [0.15, 0.2) is 0 Å². The molecule has 2 amide bonds. The molecule has 0 aliphatic rings. The Morgan fingerprint density at radius 3 is 2.83 bits per heavy atom. The lowest BCUT2D eigenvalue weighted by Crippen LogP contribution is -2.28. The van der Waals surface area contributed by atoms with Gasteiger partial charge < -0.3 is 15.4 Å². The molecule has 24 heavy (non-hydrogen) atoms. The van der Waals surface area contributed by atoms with Gasteiger partial charge in [0.1, 0.15) is 5.75 Å². The van der Waals surface area contributed by atoms with Crippen LogP contribution in [-0.2, 0) is 13.6 Å². The van der Waals surface area contributed by atoms with Crippen LogP contribution in [0, 0.1) is 6.92 Å². The lowest BCUT2D eigenvalue weighted by Gasteiger charge is -2.10. The van der Waals surface area contributed by atoms with Gasteiger partial charge in [0.05, 0.1) is 18.3 Å². The Balaban J connectivity index is 1.67. The van der Waals surface area contributed by atoms with Crippen molar-refractivity contribution in [3.8, 4) is 5.75 Å². The van der Waals surface area contributed by atoms with Crippen molar-refractivity contribution in [2.24, 2.45) is 7.05 Å². The van der Waals surface area contributed by atoms with Crippen molar-refractivity contribution in [1.29, 1.82) is 0 Å². The van der Waals surface area contributed by atoms with Gasteiger partial charge in [-0.3, -0.25) is 4.68 Å². The van der Waals surface area contributed by atoms with Crippen molar-refractivity contribution in [3.05, 3.63) is 53.7 Å². The van der Waals surface area contributed by atoms with Gasteiger partial charge in [-0.05, 0) is 31.2 Å². The lowest BCUT2D eigenvalue weighted by atomic mass is 10.2. The van der Waals surface area contributed by atoms with Gasteiger partial charge in [-0.2, -0.15) is 5.10 Å². The van der Waals surface area contributed by atoms with Gasteiger partial charge in [-0.15, -0.1) is 0 Å². The molecule has 124 valence electrons. The molecule has 3 aromatic rings. The average Bonchev–Trinajstić information content (AvgIpc) is 2.87. The first-order valence-electron chi connectivity index (χ1n) is 7.68. The van der Waals surface area contributed by atoms with Crippen molar-refractivity contribution in [2.45, 2.75) is 13.5 Å². The molecular weight excluding hydrogens is 304 g/mol. The second-order valence-electron chi connectivity index (χ2n) is 5.56. The predicted octanol–water partition coefficient (Wildman–Crippen LogP) is 3.21. The number of aryl methyl sites for hydroxylation is 2. The number of methoxy groups -OCH3 is 1. The standard InChI is InChI=1S/C18H20N4O2/c1-12-15-9-8-14(10-16(15)22(2)21-12)20-18(23)19-11-13-6-4-5-7-17(13)24-3/h4-10H,11H2,1-3H3,(H2,19,20,23). The minimum atomic E-state index is -0.265. The number of hydrogen-bond donors (Lipinski definition) is 2. The zero-order chi connectivity index (χ0) is 17.1. The number of nitrogens with zero attached hydrogens (tertiary/aromatic N) is 2. The lowest BCUT2D eigenvalue weighted by molar-refractivity contribution is 0.251. The Morgan fingerprint density at radius 2 is 2.04 bits per heavy atom. The Morgan fingerprint density at radius 1 is 1.25 bits per heavy atom. The summed E-state index contributed by atoms with van der Waals surface area (Å²) < 4.78 is 7.09. The highest BCUT2D eigenvalue weighted by Gasteiger charge is 2.08. The molecule has 0 spiro atoms. The molecule has 0 unspecified atom stereocenters. The first kappa shape index (κ1) is 15.9. The zero-order valence-electron chi connectivity index (χ0n) is 14.0. The maximum absolute atomic E-state index is 12.1. The molecule has 0 aliphatic carbocycles. The number of benzene rings is 2. The number of para-hydroxylation sites is 1. The van der Waals surface area contributed by atoms with Crippen molar-refractivity contribution in [3.63, 3.8) is 0 Å². The predicted molar refractivity (Wildman–Crippen MR) is 94.3 cm³/mol. The third-order valence-electron chi connectivity index (χ3n) is 3.93. The Bertz CT molecular complexity index is 886. The van der Waals surface area contributed by atoms with E-state index in [-0.39, 0.29) is 6.03 Å². The molecule has 2 aromatic carbocycles. The molecular formula is C18H20N4O2. The number of hydrogen-bond acceptors (Lipinski definition) is 3. The van der Waals surface area contributed by atoms with Gasteiger partial charge in [0.25, 0.3) is 0 Å². The fourth-order valence-corrected chi connectivity index (χ4v) is 2.72. The summed E-state index contributed by atoms with van der Waals surface area (Å²) >= 11 is 0. The number of aromatic nitrogens is 2. The summed E-state index contributed by atoms with van der Waals surface area (Å²) in [5.74, 6) is 0.754. The van der Waals surface area contributed by atoms with E-state index < -0.39 is 0 Å². The smallest absolute Gasteiger partial charge is 0.319 e. The number of carbonyl (C=O) groups excluding carboxylic acids is 1. The van der Waals surface area contributed by atoms with Crippen LogP contribution in [0.1, 0.15) is 11.3 Å². The van der Waals surface area contributed by atoms with Crippen LogP contribution in [0.5, 0.6) is 5.75 Å². The third-order valence-corrected chi connectivity index (χ3v) is 3.93. The first-order chi connectivity index (χ1) is 11.6. The zero-order valence-corrected chi connectivity index (χ0v) is 14.0. The van der Waals surface area contributed by atoms with Crippen molar-refractivity contribution in [2.75, 3.05) is 12.4 Å². The van der Waals surface area contributed by atoms with E-state index in [9.17, 15) is 4.79 Å². The molecule has 1 heterocycles. The molecule has 3 rings (SSSR count). The Hall–Kier alpha value is -3.02. The molecule has 2 N–H and O–H groups in total. The molecule has 6 nitrogen and oxygen atoms in total. The quantitative estimate of drug-likeness (QED) is 0.774. The topological polar surface area (TPSA) is 68.2 Å². The number of amides is 2. The molecule has 0 atom stereocenters. The summed E-state index contributed by atoms with van der Waals surface area (Å²) in [5.41, 5.74) is 3.60. The van der Waals surface area contributed by atoms with E-state index in [0.29, 0.717) is 6.54 Å². The summed E-state index contributed by atoms with van der Waals surface area (Å²) in [6.07, 6.45) is 0. The summed E-state index contributed by atoms with van der Waals surface area (Å²) in [6, 6.07) is 13.1. The van der Waals surface area contributed by atoms with Crippen molar-refractivity contribution < 1.29 is 9.53 Å². The molecule has 0 fully saturated rings. The minimum Gasteiger partial charge on any atom is -0.496 e. The summed E-state index contributed by atoms with van der Waals surface area (Å²) in [6.45, 7) is 2.36. The maximum atomic E-state index is 12.1. The molecule has 0 saturated heterocycles. The number of fused-ring (bicyclic) bond motifs is 1. The van der Waals surface area contributed by atoms with Gasteiger partial charge >= 0.3 is 6.03 Å². The van der Waals surface area contributed by atoms with Crippen molar-refractivity contribution in [1.82, 2.24) is 15.1 Å². The first-order valence-corrected chi connectivity index (χ1v) is 7.68. The van der Waals surface area contributed by atoms with Crippen LogP contribution in [0.4, 0.5) is 10.5 Å². The maximum Gasteiger partial charge on any atom is 0.319 e. The number of urea groups is 1. The molecule has 0 radical (unpaired) electrons. The monoisotopic (exact) mass is 324 g/mol. The highest BCUT2D eigenvalue weighted by molar-refractivity contribution is 5.93. The summed E-state index contributed by atoms with van der Waals surface area (Å²) in [5, 5.41) is 11.1. The normalized spacial score (nSPS) is 10.6. The molecule has 0 bridgehead atoms. The van der Waals surface area contributed by atoms with E-state index in [4.69, 9.17) is 4.74 Å². The van der Waals surface area contributed by atoms with Crippen LogP contribution in [0.2, 0.25) is 0 Å². The van der Waals surface area contributed by atoms with E-state index in [1.54, 1.807) is 7.11 Å². The van der Waals surface area contributed by atoms with Crippen LogP contribution in [0.3, 0.4) is 0 Å². The Labute approximate surface area is 140 Å². The minimum absolute atomic E-state index is 0.265. The van der Waals surface area contributed by atoms with E-state index in [1.165, 1.54) is 0 Å². The molecule has 1 aromatic heterocycles. The van der Waals surface area contributed by atoms with Gasteiger partial charge in [-0.25, -0.2) is 4.79 Å². The Kier molecular flexibility index (Phi) is 4.37. The van der Waals surface area contributed by atoms with E-state index in [0.717, 1.165) is 33.6 Å². The van der Waals surface area contributed by atoms with Gasteiger partial charge in [0.2, 0.25) is 0 Å². The SMILES string of the molecule is COc1ccccc1CNC(=O)Nc1ccc2c(C)nn(C)c2c1. The average molecular weight is 324 g/mol. The second kappa shape index (κ2) is 6.62. The number of carbonyl (C=O) groups is 1. The van der Waals surface area contributed by atoms with Crippen molar-refractivity contribution >= 4 is 22.6 Å². The number of nitrogens with one attached hydrogen (secondary N) is 2. The molecule has 0 saturated carbocycles. The highest BCUT2D eigenvalue weighted by Crippen LogP contribution is 2.21. The van der Waals surface area contributed by atoms with Crippen LogP contribution in [0.15, 0.2) is 42.5 Å². The van der Waals surface area contributed by atoms with E-state index in [1.807, 2.05) is 61.1 Å². The van der Waals surface area contributed by atoms with Crippen LogP contribution in [0.25, 0.3) is 10.9 Å². The summed E-state index contributed by atoms with van der Waals surface area (Å²) in [4.78, 5) is 12.1. The third kappa shape index (κ3) is 3.17. The molecule has 6 heteroatoms. The van der Waals surface area contributed by atoms with Gasteiger partial charge in [-0.1, -0.05) is 18.2 Å². The van der Waals surface area contributed by atoms with E-state index >= 15 is 0 Å². The highest BCUT2D eigenvalue weighted by atomic mass is 16.5. The summed E-state index contributed by atoms with van der Waals surface area (Å²) in [7, 11) is 3.50. The largest absolute Gasteiger partial charge is 0.496 e. The van der Waals surface area contributed by atoms with Crippen LogP contribution in [-0.4, -0.2) is 22.9 Å². The van der Waals surface area contributed by atoms with Crippen LogP contribution >= 0.6 is 0 Å². The number of rotatable bonds is 4. The van der Waals surface area contributed by atoms with Crippen LogP contribution < -0.4 is 15.4 Å². The number of ether oxygens (including phenoxy) is 1. The molecule has 0 aliphatic heterocycles.